The molecule has 0 bridgehead atoms. The molecule has 0 unspecified atom stereocenters. The second kappa shape index (κ2) is 9.61. The Bertz CT molecular complexity index is 828. The summed E-state index contributed by atoms with van der Waals surface area (Å²) < 4.78 is 15.3. The minimum Gasteiger partial charge on any atom is -0.444 e. The zero-order valence-electron chi connectivity index (χ0n) is 19.8. The van der Waals surface area contributed by atoms with Crippen LogP contribution >= 0.6 is 0 Å². The van der Waals surface area contributed by atoms with Crippen LogP contribution in [0.2, 0.25) is 0 Å². The van der Waals surface area contributed by atoms with Crippen LogP contribution < -0.4 is 5.73 Å². The fourth-order valence-electron chi connectivity index (χ4n) is 2.82. The van der Waals surface area contributed by atoms with Gasteiger partial charge in [0.2, 0.25) is 5.89 Å². The number of hydrogen-bond donors (Lipinski definition) is 2. The molecule has 2 amide bonds. The first-order chi connectivity index (χ1) is 14.7. The number of ether oxygens (including phenoxy) is 2. The lowest BCUT2D eigenvalue weighted by atomic mass is 10.00. The third-order valence-corrected chi connectivity index (χ3v) is 4.51. The monoisotopic (exact) mass is 454 g/mol. The van der Waals surface area contributed by atoms with E-state index >= 15 is 0 Å². The maximum Gasteiger partial charge on any atom is 0.410 e. The van der Waals surface area contributed by atoms with E-state index in [9.17, 15) is 9.59 Å². The molecule has 0 spiro atoms. The van der Waals surface area contributed by atoms with Crippen molar-refractivity contribution in [2.24, 2.45) is 16.8 Å². The summed E-state index contributed by atoms with van der Waals surface area (Å²) in [5.74, 6) is 1.50. The molecule has 0 saturated carbocycles. The average Bonchev–Trinajstić information content (AvgIpc) is 2.95. The van der Waals surface area contributed by atoms with Gasteiger partial charge in [0.1, 0.15) is 17.0 Å². The summed E-state index contributed by atoms with van der Waals surface area (Å²) >= 11 is 0. The number of oxime groups is 1. The summed E-state index contributed by atoms with van der Waals surface area (Å²) in [5.41, 5.74) is 4.45. The molecule has 0 radical (unpaired) electrons. The van der Waals surface area contributed by atoms with Crippen molar-refractivity contribution in [3.8, 4) is 0 Å². The van der Waals surface area contributed by atoms with Crippen molar-refractivity contribution in [3.05, 3.63) is 11.7 Å². The molecule has 180 valence electrons. The molecule has 2 saturated heterocycles. The Morgan fingerprint density at radius 3 is 1.88 bits per heavy atom. The van der Waals surface area contributed by atoms with E-state index in [2.05, 4.69) is 15.3 Å². The van der Waals surface area contributed by atoms with Crippen LogP contribution in [-0.2, 0) is 9.47 Å². The Labute approximate surface area is 187 Å². The molecule has 0 aliphatic carbocycles. The van der Waals surface area contributed by atoms with E-state index in [0.717, 1.165) is 0 Å². The number of carbonyl (C=O) groups is 2. The molecule has 2 aliphatic rings. The van der Waals surface area contributed by atoms with Gasteiger partial charge >= 0.3 is 12.2 Å². The Hall–Kier alpha value is -3.05. The van der Waals surface area contributed by atoms with Gasteiger partial charge in [-0.05, 0) is 41.5 Å². The molecule has 1 aromatic heterocycles. The van der Waals surface area contributed by atoms with Crippen molar-refractivity contribution in [1.82, 2.24) is 19.9 Å². The van der Waals surface area contributed by atoms with Crippen LogP contribution in [0.1, 0.15) is 59.2 Å². The van der Waals surface area contributed by atoms with Crippen molar-refractivity contribution >= 4 is 18.0 Å². The summed E-state index contributed by atoms with van der Waals surface area (Å²) in [4.78, 5) is 30.4. The van der Waals surface area contributed by atoms with E-state index in [4.69, 9.17) is 24.9 Å². The molecular weight excluding hydrogens is 420 g/mol. The number of aryl methyl sites for hydroxylation is 1. The topological polar surface area (TPSA) is 157 Å². The van der Waals surface area contributed by atoms with Gasteiger partial charge in [-0.1, -0.05) is 10.3 Å². The van der Waals surface area contributed by atoms with Gasteiger partial charge in [-0.3, -0.25) is 0 Å². The highest BCUT2D eigenvalue weighted by molar-refractivity contribution is 5.85. The number of amides is 2. The number of aromatic nitrogens is 2. The molecule has 32 heavy (non-hydrogen) atoms. The van der Waals surface area contributed by atoms with E-state index in [1.165, 1.54) is 4.90 Å². The van der Waals surface area contributed by atoms with Crippen molar-refractivity contribution in [1.29, 1.82) is 0 Å². The summed E-state index contributed by atoms with van der Waals surface area (Å²) in [6.07, 6.45) is -0.640. The second-order valence-corrected chi connectivity index (χ2v) is 9.86. The molecule has 3 rings (SSSR count). The van der Waals surface area contributed by atoms with Crippen molar-refractivity contribution in [2.45, 2.75) is 65.6 Å². The predicted octanol–water partition coefficient (Wildman–Crippen LogP) is 2.31. The molecule has 12 heteroatoms. The van der Waals surface area contributed by atoms with E-state index < -0.39 is 11.2 Å². The van der Waals surface area contributed by atoms with Crippen LogP contribution in [-0.4, -0.2) is 80.6 Å². The molecule has 3 heterocycles. The first-order valence-electron chi connectivity index (χ1n) is 10.4. The third-order valence-electron chi connectivity index (χ3n) is 4.51. The Balaban J connectivity index is 0.000000229. The van der Waals surface area contributed by atoms with Crippen LogP contribution in [0.5, 0.6) is 0 Å². The van der Waals surface area contributed by atoms with Crippen molar-refractivity contribution in [2.75, 3.05) is 26.2 Å². The standard InChI is InChI=1S/C11H17N3O3.C9H17N3O3/c1-7-12-9(13-17-7)8-5-14(6-8)10(15)16-11(2,3)4;1-9(2,3)15-8(13)12-4-6(5-12)7(10)11-14/h8H,5-6H2,1-4H3;6,14H,4-5H2,1-3H3,(H2,10,11). The third kappa shape index (κ3) is 7.27. The van der Waals surface area contributed by atoms with Crippen LogP contribution in [0, 0.1) is 12.8 Å². The highest BCUT2D eigenvalue weighted by Gasteiger charge is 2.37. The highest BCUT2D eigenvalue weighted by atomic mass is 16.6. The predicted molar refractivity (Wildman–Crippen MR) is 114 cm³/mol. The quantitative estimate of drug-likeness (QED) is 0.296. The van der Waals surface area contributed by atoms with Crippen LogP contribution in [0.3, 0.4) is 0 Å². The molecule has 2 fully saturated rings. The molecule has 0 aromatic carbocycles. The van der Waals surface area contributed by atoms with Gasteiger partial charge in [-0.25, -0.2) is 9.59 Å². The zero-order chi connectivity index (χ0) is 24.3. The number of amidine groups is 1. The zero-order valence-corrected chi connectivity index (χ0v) is 19.8. The molecule has 12 nitrogen and oxygen atoms in total. The maximum absolute atomic E-state index is 11.7. The Kier molecular flexibility index (Phi) is 7.58. The SMILES string of the molecule is CC(C)(C)OC(=O)N1CC(/C(N)=N/O)C1.Cc1nc(C2CN(C(=O)OC(C)(C)C)C2)no1. The molecule has 3 N–H and O–H groups in total. The fourth-order valence-corrected chi connectivity index (χ4v) is 2.82. The van der Waals surface area contributed by atoms with Crippen molar-refractivity contribution < 1.29 is 28.8 Å². The first kappa shape index (κ1) is 25.2. The maximum atomic E-state index is 11.7. The number of rotatable bonds is 2. The number of likely N-dealkylation sites (tertiary alicyclic amines) is 2. The molecular formula is C20H34N6O6. The largest absolute Gasteiger partial charge is 0.444 e. The van der Waals surface area contributed by atoms with Crippen molar-refractivity contribution in [3.63, 3.8) is 0 Å². The van der Waals surface area contributed by atoms with E-state index in [1.54, 1.807) is 11.8 Å². The van der Waals surface area contributed by atoms with E-state index in [-0.39, 0.29) is 29.9 Å². The van der Waals surface area contributed by atoms with Gasteiger partial charge in [-0.15, -0.1) is 0 Å². The lowest BCUT2D eigenvalue weighted by Gasteiger charge is -2.38. The van der Waals surface area contributed by atoms with Gasteiger partial charge in [0.25, 0.3) is 0 Å². The van der Waals surface area contributed by atoms with Crippen LogP contribution in [0.4, 0.5) is 9.59 Å². The van der Waals surface area contributed by atoms with Gasteiger partial charge in [-0.2, -0.15) is 4.98 Å². The molecule has 1 aromatic rings. The number of nitrogens with two attached hydrogens (primary N) is 1. The van der Waals surface area contributed by atoms with Gasteiger partial charge in [0, 0.05) is 33.1 Å². The summed E-state index contributed by atoms with van der Waals surface area (Å²) in [6.45, 7) is 14.8. The van der Waals surface area contributed by atoms with E-state index in [1.807, 2.05) is 41.5 Å². The lowest BCUT2D eigenvalue weighted by molar-refractivity contribution is 0.00595. The van der Waals surface area contributed by atoms with Gasteiger partial charge < -0.3 is 34.7 Å². The number of hydrogen-bond acceptors (Lipinski definition) is 9. The average molecular weight is 455 g/mol. The summed E-state index contributed by atoms with van der Waals surface area (Å²) in [5, 5.41) is 15.1. The number of nitrogens with zero attached hydrogens (tertiary/aromatic N) is 5. The Morgan fingerprint density at radius 2 is 1.50 bits per heavy atom. The normalized spacial score (nSPS) is 17.7. The second-order valence-electron chi connectivity index (χ2n) is 9.86. The first-order valence-corrected chi connectivity index (χ1v) is 10.4. The minimum atomic E-state index is -0.487. The lowest BCUT2D eigenvalue weighted by Crippen LogP contribution is -2.55. The molecule has 2 aliphatic heterocycles. The Morgan fingerprint density at radius 1 is 1.03 bits per heavy atom. The summed E-state index contributed by atoms with van der Waals surface area (Å²) in [7, 11) is 0. The van der Waals surface area contributed by atoms with Gasteiger partial charge in [0.05, 0.1) is 11.8 Å². The van der Waals surface area contributed by atoms with Gasteiger partial charge in [0.15, 0.2) is 5.82 Å². The van der Waals surface area contributed by atoms with Crippen LogP contribution in [0.15, 0.2) is 9.68 Å². The fraction of sp³-hybridized carbons (Fsp3) is 0.750. The smallest absolute Gasteiger partial charge is 0.410 e. The summed E-state index contributed by atoms with van der Waals surface area (Å²) in [6, 6.07) is 0. The van der Waals surface area contributed by atoms with Crippen LogP contribution in [0.25, 0.3) is 0 Å². The molecule has 0 atom stereocenters. The van der Waals surface area contributed by atoms with E-state index in [0.29, 0.717) is 37.9 Å². The highest BCUT2D eigenvalue weighted by Crippen LogP contribution is 2.26. The minimum absolute atomic E-state index is 0.0532. The number of carbonyl (C=O) groups excluding carboxylic acids is 2.